The van der Waals surface area contributed by atoms with Crippen LogP contribution in [0.25, 0.3) is 0 Å². The Morgan fingerprint density at radius 3 is 2.64 bits per heavy atom. The fraction of sp³-hybridized carbons (Fsp3) is 0.438. The van der Waals surface area contributed by atoms with Crippen molar-refractivity contribution in [2.45, 2.75) is 26.7 Å². The van der Waals surface area contributed by atoms with Gasteiger partial charge in [-0.3, -0.25) is 9.79 Å². The van der Waals surface area contributed by atoms with Crippen molar-refractivity contribution < 1.29 is 23.5 Å². The van der Waals surface area contributed by atoms with E-state index in [-0.39, 0.29) is 6.61 Å². The van der Waals surface area contributed by atoms with Crippen LogP contribution >= 0.6 is 0 Å². The second-order valence-corrected chi connectivity index (χ2v) is 4.97. The van der Waals surface area contributed by atoms with Crippen molar-refractivity contribution in [2.75, 3.05) is 13.7 Å². The first-order valence-electron chi connectivity index (χ1n) is 7.05. The summed E-state index contributed by atoms with van der Waals surface area (Å²) >= 11 is 0. The highest BCUT2D eigenvalue weighted by Crippen LogP contribution is 2.40. The average molecular weight is 305 g/mol. The van der Waals surface area contributed by atoms with Gasteiger partial charge in [-0.15, -0.1) is 0 Å². The van der Waals surface area contributed by atoms with Crippen LogP contribution in [-0.2, 0) is 19.1 Å². The molecule has 2 heterocycles. The molecule has 2 rings (SSSR count). The number of hydrogen-bond donors (Lipinski definition) is 0. The molecule has 0 bridgehead atoms. The van der Waals surface area contributed by atoms with Crippen molar-refractivity contribution in [1.29, 1.82) is 0 Å². The highest BCUT2D eigenvalue weighted by Gasteiger charge is 2.43. The van der Waals surface area contributed by atoms with Crippen LogP contribution in [0.4, 0.5) is 0 Å². The number of aliphatic imine (C=N–C) groups is 1. The predicted molar refractivity (Wildman–Crippen MR) is 79.4 cm³/mol. The van der Waals surface area contributed by atoms with Crippen molar-refractivity contribution >= 4 is 17.7 Å². The number of ether oxygens (including phenoxy) is 2. The van der Waals surface area contributed by atoms with Gasteiger partial charge in [0.15, 0.2) is 0 Å². The molecule has 1 aromatic rings. The molecular weight excluding hydrogens is 286 g/mol. The van der Waals surface area contributed by atoms with Gasteiger partial charge in [-0.25, -0.2) is 4.79 Å². The Balaban J connectivity index is 2.57. The van der Waals surface area contributed by atoms with E-state index < -0.39 is 23.8 Å². The van der Waals surface area contributed by atoms with Crippen molar-refractivity contribution in [1.82, 2.24) is 0 Å². The van der Waals surface area contributed by atoms with E-state index in [1.807, 2.05) is 0 Å². The molecule has 0 aliphatic carbocycles. The Hall–Kier alpha value is -2.37. The number of allylic oxidation sites excluding steroid dienone is 1. The number of carbonyl (C=O) groups excluding carboxylic acids is 2. The molecule has 1 aliphatic rings. The molecule has 0 spiro atoms. The van der Waals surface area contributed by atoms with Gasteiger partial charge in [0, 0.05) is 11.4 Å². The van der Waals surface area contributed by atoms with E-state index in [1.165, 1.54) is 13.4 Å². The van der Waals surface area contributed by atoms with E-state index in [2.05, 4.69) is 4.99 Å². The van der Waals surface area contributed by atoms with E-state index in [0.29, 0.717) is 22.7 Å². The van der Waals surface area contributed by atoms with Gasteiger partial charge < -0.3 is 13.9 Å². The summed E-state index contributed by atoms with van der Waals surface area (Å²) in [6.07, 6.45) is 1.50. The first kappa shape index (κ1) is 16.0. The molecule has 0 amide bonds. The van der Waals surface area contributed by atoms with Gasteiger partial charge in [0.2, 0.25) is 0 Å². The maximum absolute atomic E-state index is 12.4. The first-order chi connectivity index (χ1) is 10.5. The van der Waals surface area contributed by atoms with Gasteiger partial charge in [-0.2, -0.15) is 0 Å². The van der Waals surface area contributed by atoms with Crippen LogP contribution < -0.4 is 0 Å². The Labute approximate surface area is 128 Å². The third-order valence-electron chi connectivity index (χ3n) is 3.62. The van der Waals surface area contributed by atoms with Crippen LogP contribution in [0.2, 0.25) is 0 Å². The molecule has 22 heavy (non-hydrogen) atoms. The molecule has 0 radical (unpaired) electrons. The number of furan rings is 1. The lowest BCUT2D eigenvalue weighted by Gasteiger charge is -2.29. The van der Waals surface area contributed by atoms with E-state index in [1.54, 1.807) is 32.9 Å². The smallest absolute Gasteiger partial charge is 0.336 e. The maximum Gasteiger partial charge on any atom is 0.336 e. The molecule has 118 valence electrons. The SMILES string of the molecule is CCOC(=O)C1C(C)=NC(C)=C(C(=O)OC)[C@@H]1c1ccco1. The van der Waals surface area contributed by atoms with Gasteiger partial charge in [-0.1, -0.05) is 0 Å². The second kappa shape index (κ2) is 6.60. The fourth-order valence-corrected chi connectivity index (χ4v) is 2.73. The van der Waals surface area contributed by atoms with Crippen LogP contribution in [0.15, 0.2) is 39.1 Å². The number of nitrogens with zero attached hydrogens (tertiary/aromatic N) is 1. The lowest BCUT2D eigenvalue weighted by molar-refractivity contribution is -0.146. The predicted octanol–water partition coefficient (Wildman–Crippen LogP) is 2.46. The minimum absolute atomic E-state index is 0.254. The Bertz CT molecular complexity index is 627. The first-order valence-corrected chi connectivity index (χ1v) is 7.05. The summed E-state index contributed by atoms with van der Waals surface area (Å²) in [5.74, 6) is -1.75. The van der Waals surface area contributed by atoms with Crippen molar-refractivity contribution in [3.63, 3.8) is 0 Å². The van der Waals surface area contributed by atoms with E-state index in [4.69, 9.17) is 13.9 Å². The topological polar surface area (TPSA) is 78.1 Å². The normalized spacial score (nSPS) is 21.4. The minimum Gasteiger partial charge on any atom is -0.469 e. The summed E-state index contributed by atoms with van der Waals surface area (Å²) in [6.45, 7) is 5.45. The Kier molecular flexibility index (Phi) is 4.80. The van der Waals surface area contributed by atoms with Crippen LogP contribution in [0.5, 0.6) is 0 Å². The minimum atomic E-state index is -0.705. The van der Waals surface area contributed by atoms with Gasteiger partial charge >= 0.3 is 11.9 Å². The fourth-order valence-electron chi connectivity index (χ4n) is 2.73. The molecule has 0 aromatic carbocycles. The molecule has 0 saturated carbocycles. The highest BCUT2D eigenvalue weighted by atomic mass is 16.5. The van der Waals surface area contributed by atoms with Crippen molar-refractivity contribution in [2.24, 2.45) is 10.9 Å². The van der Waals surface area contributed by atoms with E-state index >= 15 is 0 Å². The molecule has 2 atom stereocenters. The Morgan fingerprint density at radius 1 is 1.36 bits per heavy atom. The molecule has 6 nitrogen and oxygen atoms in total. The average Bonchev–Trinajstić information content (AvgIpc) is 2.99. The molecule has 1 unspecified atom stereocenters. The zero-order valence-electron chi connectivity index (χ0n) is 13.1. The Morgan fingerprint density at radius 2 is 2.09 bits per heavy atom. The van der Waals surface area contributed by atoms with Crippen molar-refractivity contribution in [3.8, 4) is 0 Å². The number of hydrogen-bond acceptors (Lipinski definition) is 6. The van der Waals surface area contributed by atoms with E-state index in [9.17, 15) is 9.59 Å². The molecule has 0 fully saturated rings. The number of methoxy groups -OCH3 is 1. The summed E-state index contributed by atoms with van der Waals surface area (Å²) < 4.78 is 15.4. The van der Waals surface area contributed by atoms with Gasteiger partial charge in [0.1, 0.15) is 11.7 Å². The molecule has 6 heteroatoms. The second-order valence-electron chi connectivity index (χ2n) is 4.97. The quantitative estimate of drug-likeness (QED) is 0.798. The number of rotatable bonds is 4. The van der Waals surface area contributed by atoms with E-state index in [0.717, 1.165) is 0 Å². The zero-order valence-corrected chi connectivity index (χ0v) is 13.1. The van der Waals surface area contributed by atoms with Crippen LogP contribution in [-0.4, -0.2) is 31.4 Å². The third kappa shape index (κ3) is 2.81. The molecular formula is C16H19NO5. The summed E-state index contributed by atoms with van der Waals surface area (Å²) in [6, 6.07) is 3.44. The summed E-state index contributed by atoms with van der Waals surface area (Å²) in [5, 5.41) is 0. The van der Waals surface area contributed by atoms with Crippen LogP contribution in [0.1, 0.15) is 32.4 Å². The highest BCUT2D eigenvalue weighted by molar-refractivity contribution is 6.06. The number of carbonyl (C=O) groups is 2. The zero-order chi connectivity index (χ0) is 16.3. The maximum atomic E-state index is 12.4. The summed E-state index contributed by atoms with van der Waals surface area (Å²) in [5.41, 5.74) is 1.43. The molecule has 1 aromatic heterocycles. The standard InChI is InChI=1S/C16H19NO5/c1-5-21-16(19)13-10(3)17-9(2)12(15(18)20-4)14(13)11-7-6-8-22-11/h6-8,13-14H,5H2,1-4H3/t13?,14-/m0/s1. The molecule has 1 aliphatic heterocycles. The monoisotopic (exact) mass is 305 g/mol. The lowest BCUT2D eigenvalue weighted by Crippen LogP contribution is -2.36. The largest absolute Gasteiger partial charge is 0.469 e. The van der Waals surface area contributed by atoms with Crippen LogP contribution in [0, 0.1) is 5.92 Å². The van der Waals surface area contributed by atoms with Gasteiger partial charge in [0.05, 0.1) is 31.5 Å². The summed E-state index contributed by atoms with van der Waals surface area (Å²) in [4.78, 5) is 28.9. The number of esters is 2. The summed E-state index contributed by atoms with van der Waals surface area (Å²) in [7, 11) is 1.30. The van der Waals surface area contributed by atoms with Crippen LogP contribution in [0.3, 0.4) is 0 Å². The van der Waals surface area contributed by atoms with Crippen molar-refractivity contribution in [3.05, 3.63) is 35.4 Å². The molecule has 0 saturated heterocycles. The van der Waals surface area contributed by atoms with Gasteiger partial charge in [0.25, 0.3) is 0 Å². The lowest BCUT2D eigenvalue weighted by atomic mass is 9.78. The van der Waals surface area contributed by atoms with Gasteiger partial charge in [-0.05, 0) is 32.9 Å². The molecule has 0 N–H and O–H groups in total. The third-order valence-corrected chi connectivity index (χ3v) is 3.62.